The third-order valence-electron chi connectivity index (χ3n) is 2.80. The zero-order valence-corrected chi connectivity index (χ0v) is 10.6. The van der Waals surface area contributed by atoms with Crippen LogP contribution in [-0.2, 0) is 15.1 Å². The fraction of sp³-hybridized carbons (Fsp3) is 0.200. The highest BCUT2D eigenvalue weighted by Crippen LogP contribution is 2.29. The van der Waals surface area contributed by atoms with Gasteiger partial charge >= 0.3 is 5.97 Å². The molecule has 0 saturated carbocycles. The number of carbonyl (C=O) groups excluding carboxylic acids is 1. The van der Waals surface area contributed by atoms with Crippen LogP contribution in [0.15, 0.2) is 54.7 Å². The SMILES string of the molecule is CCOC(=O)C(O)(c1ccccc1)c1ccccn1. The Kier molecular flexibility index (Phi) is 3.92. The minimum Gasteiger partial charge on any atom is -0.463 e. The Morgan fingerprint density at radius 1 is 1.21 bits per heavy atom. The van der Waals surface area contributed by atoms with Crippen LogP contribution in [0.1, 0.15) is 18.2 Å². The Hall–Kier alpha value is -2.20. The Bertz CT molecular complexity index is 500. The van der Waals surface area contributed by atoms with Crippen LogP contribution >= 0.6 is 0 Å². The molecule has 0 saturated heterocycles. The van der Waals surface area contributed by atoms with E-state index in [9.17, 15) is 9.90 Å². The fourth-order valence-corrected chi connectivity index (χ4v) is 1.86. The van der Waals surface area contributed by atoms with Crippen molar-refractivity contribution < 1.29 is 14.6 Å². The highest BCUT2D eigenvalue weighted by molar-refractivity contribution is 5.84. The normalized spacial score (nSPS) is 13.6. The van der Waals surface area contributed by atoms with Crippen molar-refractivity contribution in [1.82, 2.24) is 4.98 Å². The van der Waals surface area contributed by atoms with Gasteiger partial charge in [0.25, 0.3) is 0 Å². The number of hydrogen-bond donors (Lipinski definition) is 1. The molecule has 2 rings (SSSR count). The van der Waals surface area contributed by atoms with Gasteiger partial charge in [0, 0.05) is 11.8 Å². The van der Waals surface area contributed by atoms with Gasteiger partial charge < -0.3 is 9.84 Å². The lowest BCUT2D eigenvalue weighted by atomic mass is 9.90. The highest BCUT2D eigenvalue weighted by Gasteiger charge is 2.42. The molecule has 0 aliphatic heterocycles. The second kappa shape index (κ2) is 5.63. The lowest BCUT2D eigenvalue weighted by Crippen LogP contribution is -2.39. The second-order valence-electron chi connectivity index (χ2n) is 4.01. The predicted molar refractivity (Wildman–Crippen MR) is 70.3 cm³/mol. The summed E-state index contributed by atoms with van der Waals surface area (Å²) < 4.78 is 4.99. The van der Waals surface area contributed by atoms with E-state index in [1.54, 1.807) is 49.4 Å². The van der Waals surface area contributed by atoms with Crippen LogP contribution < -0.4 is 0 Å². The molecule has 1 aromatic carbocycles. The van der Waals surface area contributed by atoms with Crippen LogP contribution in [0.25, 0.3) is 0 Å². The first-order valence-electron chi connectivity index (χ1n) is 6.06. The zero-order chi connectivity index (χ0) is 13.7. The molecule has 0 aliphatic rings. The van der Waals surface area contributed by atoms with Crippen molar-refractivity contribution in [2.24, 2.45) is 0 Å². The zero-order valence-electron chi connectivity index (χ0n) is 10.6. The molecule has 0 bridgehead atoms. The summed E-state index contributed by atoms with van der Waals surface area (Å²) in [5, 5.41) is 10.8. The quantitative estimate of drug-likeness (QED) is 0.850. The molecule has 0 fully saturated rings. The summed E-state index contributed by atoms with van der Waals surface area (Å²) in [7, 11) is 0. The van der Waals surface area contributed by atoms with Crippen molar-refractivity contribution >= 4 is 5.97 Å². The monoisotopic (exact) mass is 257 g/mol. The third-order valence-corrected chi connectivity index (χ3v) is 2.80. The van der Waals surface area contributed by atoms with E-state index < -0.39 is 11.6 Å². The number of benzene rings is 1. The minimum absolute atomic E-state index is 0.195. The second-order valence-corrected chi connectivity index (χ2v) is 4.01. The van der Waals surface area contributed by atoms with Crippen LogP contribution in [0.3, 0.4) is 0 Å². The minimum atomic E-state index is -1.88. The average molecular weight is 257 g/mol. The van der Waals surface area contributed by atoms with Crippen LogP contribution in [0.5, 0.6) is 0 Å². The predicted octanol–water partition coefficient (Wildman–Crippen LogP) is 1.88. The van der Waals surface area contributed by atoms with Crippen LogP contribution in [0, 0.1) is 0 Å². The first-order valence-corrected chi connectivity index (χ1v) is 6.06. The molecule has 0 amide bonds. The summed E-state index contributed by atoms with van der Waals surface area (Å²) in [4.78, 5) is 16.2. The van der Waals surface area contributed by atoms with E-state index in [1.165, 1.54) is 6.20 Å². The van der Waals surface area contributed by atoms with E-state index in [2.05, 4.69) is 4.98 Å². The van der Waals surface area contributed by atoms with E-state index in [4.69, 9.17) is 4.74 Å². The molecule has 1 aromatic heterocycles. The van der Waals surface area contributed by atoms with E-state index in [0.717, 1.165) is 0 Å². The molecule has 4 heteroatoms. The molecule has 0 radical (unpaired) electrons. The van der Waals surface area contributed by atoms with Crippen molar-refractivity contribution in [1.29, 1.82) is 0 Å². The summed E-state index contributed by atoms with van der Waals surface area (Å²) in [6.07, 6.45) is 1.53. The molecular weight excluding hydrogens is 242 g/mol. The van der Waals surface area contributed by atoms with Crippen molar-refractivity contribution in [3.8, 4) is 0 Å². The molecule has 4 nitrogen and oxygen atoms in total. The number of nitrogens with zero attached hydrogens (tertiary/aromatic N) is 1. The van der Waals surface area contributed by atoms with Crippen molar-refractivity contribution in [3.05, 3.63) is 66.0 Å². The summed E-state index contributed by atoms with van der Waals surface area (Å²) in [5.74, 6) is -0.722. The molecular formula is C15H15NO3. The Balaban J connectivity index is 2.54. The molecule has 1 atom stereocenters. The number of rotatable bonds is 4. The number of pyridine rings is 1. The Morgan fingerprint density at radius 3 is 2.47 bits per heavy atom. The number of aromatic nitrogens is 1. The van der Waals surface area contributed by atoms with E-state index in [1.807, 2.05) is 6.07 Å². The largest absolute Gasteiger partial charge is 0.463 e. The Labute approximate surface area is 111 Å². The highest BCUT2D eigenvalue weighted by atomic mass is 16.5. The lowest BCUT2D eigenvalue weighted by Gasteiger charge is -2.25. The molecule has 0 aliphatic carbocycles. The number of esters is 1. The van der Waals surface area contributed by atoms with Gasteiger partial charge in [0.15, 0.2) is 0 Å². The van der Waals surface area contributed by atoms with Gasteiger partial charge in [-0.05, 0) is 19.1 Å². The summed E-state index contributed by atoms with van der Waals surface area (Å²) in [6.45, 7) is 1.89. The molecule has 19 heavy (non-hydrogen) atoms. The maximum absolute atomic E-state index is 12.2. The number of ether oxygens (including phenoxy) is 1. The standard InChI is InChI=1S/C15H15NO3/c1-2-19-14(17)15(18,12-8-4-3-5-9-12)13-10-6-7-11-16-13/h3-11,18H,2H2,1H3. The first kappa shape index (κ1) is 13.2. The van der Waals surface area contributed by atoms with Crippen LogP contribution in [0.2, 0.25) is 0 Å². The lowest BCUT2D eigenvalue weighted by molar-refractivity contribution is -0.162. The van der Waals surface area contributed by atoms with Crippen molar-refractivity contribution in [2.75, 3.05) is 6.61 Å². The van der Waals surface area contributed by atoms with Gasteiger partial charge in [-0.1, -0.05) is 36.4 Å². The molecule has 1 heterocycles. The van der Waals surface area contributed by atoms with E-state index in [0.29, 0.717) is 5.56 Å². The van der Waals surface area contributed by atoms with E-state index >= 15 is 0 Å². The third kappa shape index (κ3) is 2.48. The van der Waals surface area contributed by atoms with Crippen molar-refractivity contribution in [2.45, 2.75) is 12.5 Å². The number of carbonyl (C=O) groups is 1. The van der Waals surface area contributed by atoms with Gasteiger partial charge in [0.1, 0.15) is 0 Å². The average Bonchev–Trinajstić information content (AvgIpc) is 2.48. The maximum Gasteiger partial charge on any atom is 0.349 e. The van der Waals surface area contributed by atoms with Gasteiger partial charge in [0.05, 0.1) is 12.3 Å². The summed E-state index contributed by atoms with van der Waals surface area (Å²) in [6, 6.07) is 13.7. The smallest absolute Gasteiger partial charge is 0.349 e. The summed E-state index contributed by atoms with van der Waals surface area (Å²) >= 11 is 0. The van der Waals surface area contributed by atoms with E-state index in [-0.39, 0.29) is 12.3 Å². The van der Waals surface area contributed by atoms with Gasteiger partial charge in [-0.3, -0.25) is 4.98 Å². The molecule has 0 spiro atoms. The first-order chi connectivity index (χ1) is 9.19. The number of aliphatic hydroxyl groups is 1. The summed E-state index contributed by atoms with van der Waals surface area (Å²) in [5.41, 5.74) is -1.19. The molecule has 98 valence electrons. The van der Waals surface area contributed by atoms with Gasteiger partial charge in [-0.2, -0.15) is 0 Å². The molecule has 2 aromatic rings. The van der Waals surface area contributed by atoms with Crippen LogP contribution in [-0.4, -0.2) is 22.7 Å². The van der Waals surface area contributed by atoms with Gasteiger partial charge in [-0.15, -0.1) is 0 Å². The van der Waals surface area contributed by atoms with Gasteiger partial charge in [0.2, 0.25) is 5.60 Å². The van der Waals surface area contributed by atoms with Crippen LogP contribution in [0.4, 0.5) is 0 Å². The molecule has 1 unspecified atom stereocenters. The van der Waals surface area contributed by atoms with Crippen molar-refractivity contribution in [3.63, 3.8) is 0 Å². The maximum atomic E-state index is 12.2. The number of hydrogen-bond acceptors (Lipinski definition) is 4. The molecule has 1 N–H and O–H groups in total. The topological polar surface area (TPSA) is 59.4 Å². The fourth-order valence-electron chi connectivity index (χ4n) is 1.86. The van der Waals surface area contributed by atoms with Gasteiger partial charge in [-0.25, -0.2) is 4.79 Å². The Morgan fingerprint density at radius 2 is 1.89 bits per heavy atom.